The number of carboxylic acids is 1. The summed E-state index contributed by atoms with van der Waals surface area (Å²) in [5.41, 5.74) is 1.33. The fourth-order valence-electron chi connectivity index (χ4n) is 2.22. The number of methoxy groups -OCH3 is 1. The van der Waals surface area contributed by atoms with Gasteiger partial charge in [0.1, 0.15) is 6.61 Å². The summed E-state index contributed by atoms with van der Waals surface area (Å²) >= 11 is 1.52. The van der Waals surface area contributed by atoms with Gasteiger partial charge in [0.05, 0.1) is 12.7 Å². The number of hydrogen-bond donors (Lipinski definition) is 1. The molecule has 1 aromatic heterocycles. The van der Waals surface area contributed by atoms with E-state index in [1.165, 1.54) is 11.3 Å². The highest BCUT2D eigenvalue weighted by Gasteiger charge is 2.10. The molecule has 0 atom stereocenters. The molecule has 0 saturated heterocycles. The van der Waals surface area contributed by atoms with Crippen molar-refractivity contribution in [3.63, 3.8) is 0 Å². The molecule has 1 heterocycles. The number of para-hydroxylation sites is 2. The predicted octanol–water partition coefficient (Wildman–Crippen LogP) is 4.19. The van der Waals surface area contributed by atoms with Crippen LogP contribution in [-0.4, -0.2) is 18.2 Å². The van der Waals surface area contributed by atoms with Crippen molar-refractivity contribution in [3.05, 3.63) is 59.0 Å². The lowest BCUT2D eigenvalue weighted by atomic mass is 10.1. The second-order valence-corrected chi connectivity index (χ2v) is 5.63. The van der Waals surface area contributed by atoms with Crippen LogP contribution in [0.3, 0.4) is 0 Å². The molecule has 0 saturated carbocycles. The third-order valence-electron chi connectivity index (χ3n) is 3.35. The average molecular weight is 314 g/mol. The van der Waals surface area contributed by atoms with Gasteiger partial charge in [0.2, 0.25) is 0 Å². The van der Waals surface area contributed by atoms with Gasteiger partial charge in [-0.3, -0.25) is 0 Å². The third kappa shape index (κ3) is 2.76. The van der Waals surface area contributed by atoms with Crippen LogP contribution in [0.25, 0.3) is 10.1 Å². The van der Waals surface area contributed by atoms with Crippen molar-refractivity contribution in [1.82, 2.24) is 0 Å². The van der Waals surface area contributed by atoms with Crippen molar-refractivity contribution in [3.8, 4) is 11.5 Å². The van der Waals surface area contributed by atoms with Gasteiger partial charge in [0.25, 0.3) is 0 Å². The van der Waals surface area contributed by atoms with Gasteiger partial charge in [-0.25, -0.2) is 4.79 Å². The maximum atomic E-state index is 11.0. The first-order valence-corrected chi connectivity index (χ1v) is 7.56. The Morgan fingerprint density at radius 3 is 2.68 bits per heavy atom. The summed E-state index contributed by atoms with van der Waals surface area (Å²) in [7, 11) is 1.61. The fraction of sp³-hybridized carbons (Fsp3) is 0.118. The molecule has 0 aliphatic carbocycles. The molecule has 0 fully saturated rings. The van der Waals surface area contributed by atoms with E-state index < -0.39 is 5.97 Å². The molecule has 4 nitrogen and oxygen atoms in total. The lowest BCUT2D eigenvalue weighted by Crippen LogP contribution is -1.97. The monoisotopic (exact) mass is 314 g/mol. The van der Waals surface area contributed by atoms with E-state index >= 15 is 0 Å². The van der Waals surface area contributed by atoms with Crippen LogP contribution >= 0.6 is 11.3 Å². The molecular formula is C17H14O4S. The number of thiophene rings is 1. The molecule has 0 aliphatic rings. The summed E-state index contributed by atoms with van der Waals surface area (Å²) in [5.74, 6) is 0.462. The number of carbonyl (C=O) groups is 1. The summed E-state index contributed by atoms with van der Waals surface area (Å²) in [5, 5.41) is 12.0. The van der Waals surface area contributed by atoms with Crippen molar-refractivity contribution < 1.29 is 19.4 Å². The van der Waals surface area contributed by atoms with Crippen LogP contribution < -0.4 is 9.47 Å². The molecule has 112 valence electrons. The van der Waals surface area contributed by atoms with Gasteiger partial charge >= 0.3 is 5.97 Å². The second kappa shape index (κ2) is 6.07. The van der Waals surface area contributed by atoms with Gasteiger partial charge in [0, 0.05) is 10.3 Å². The minimum absolute atomic E-state index is 0.298. The van der Waals surface area contributed by atoms with E-state index in [0.29, 0.717) is 23.7 Å². The summed E-state index contributed by atoms with van der Waals surface area (Å²) in [6.07, 6.45) is 0. The van der Waals surface area contributed by atoms with Crippen molar-refractivity contribution in [1.29, 1.82) is 0 Å². The van der Waals surface area contributed by atoms with Crippen molar-refractivity contribution in [2.75, 3.05) is 7.11 Å². The Morgan fingerprint density at radius 1 is 1.18 bits per heavy atom. The molecule has 0 aliphatic heterocycles. The standard InChI is InChI=1S/C17H14O4S/c1-20-14-4-2-3-5-15(14)21-9-12-10-22-16-8-11(17(18)19)6-7-13(12)16/h2-8,10H,9H2,1H3,(H,18,19). The molecule has 22 heavy (non-hydrogen) atoms. The zero-order chi connectivity index (χ0) is 15.5. The van der Waals surface area contributed by atoms with Crippen molar-refractivity contribution >= 4 is 27.4 Å². The largest absolute Gasteiger partial charge is 0.493 e. The lowest BCUT2D eigenvalue weighted by molar-refractivity contribution is 0.0697. The van der Waals surface area contributed by atoms with Gasteiger partial charge in [-0.1, -0.05) is 18.2 Å². The number of benzene rings is 2. The molecule has 0 unspecified atom stereocenters. The van der Waals surface area contributed by atoms with E-state index in [9.17, 15) is 4.79 Å². The SMILES string of the molecule is COc1ccccc1OCc1csc2cc(C(=O)O)ccc12. The molecule has 1 N–H and O–H groups in total. The highest BCUT2D eigenvalue weighted by Crippen LogP contribution is 2.30. The van der Waals surface area contributed by atoms with E-state index in [4.69, 9.17) is 14.6 Å². The smallest absolute Gasteiger partial charge is 0.335 e. The Hall–Kier alpha value is -2.53. The molecule has 0 bridgehead atoms. The normalized spacial score (nSPS) is 10.6. The summed E-state index contributed by atoms with van der Waals surface area (Å²) in [4.78, 5) is 11.0. The summed E-state index contributed by atoms with van der Waals surface area (Å²) < 4.78 is 12.0. The number of fused-ring (bicyclic) bond motifs is 1. The van der Waals surface area contributed by atoms with Crippen molar-refractivity contribution in [2.24, 2.45) is 0 Å². The molecule has 0 radical (unpaired) electrons. The summed E-state index contributed by atoms with van der Waals surface area (Å²) in [6, 6.07) is 12.6. The maximum Gasteiger partial charge on any atom is 0.335 e. The van der Waals surface area contributed by atoms with Crippen LogP contribution in [0.2, 0.25) is 0 Å². The number of rotatable bonds is 5. The van der Waals surface area contributed by atoms with Gasteiger partial charge < -0.3 is 14.6 Å². The summed E-state index contributed by atoms with van der Waals surface area (Å²) in [6.45, 7) is 0.410. The zero-order valence-electron chi connectivity index (χ0n) is 11.9. The number of carboxylic acid groups (broad SMARTS) is 1. The molecule has 2 aromatic carbocycles. The van der Waals surface area contributed by atoms with Crippen LogP contribution in [0.5, 0.6) is 11.5 Å². The highest BCUT2D eigenvalue weighted by atomic mass is 32.1. The Kier molecular flexibility index (Phi) is 3.98. The molecular weight excluding hydrogens is 300 g/mol. The van der Waals surface area contributed by atoms with Crippen LogP contribution in [0, 0.1) is 0 Å². The molecule has 3 rings (SSSR count). The number of ether oxygens (including phenoxy) is 2. The minimum atomic E-state index is -0.915. The average Bonchev–Trinajstić information content (AvgIpc) is 2.95. The highest BCUT2D eigenvalue weighted by molar-refractivity contribution is 7.17. The maximum absolute atomic E-state index is 11.0. The Balaban J connectivity index is 1.84. The van der Waals surface area contributed by atoms with E-state index in [1.807, 2.05) is 35.7 Å². The number of aromatic carboxylic acids is 1. The first-order valence-electron chi connectivity index (χ1n) is 6.68. The third-order valence-corrected chi connectivity index (χ3v) is 4.35. The van der Waals surface area contributed by atoms with Crippen molar-refractivity contribution in [2.45, 2.75) is 6.61 Å². The van der Waals surface area contributed by atoms with E-state index in [-0.39, 0.29) is 0 Å². The van der Waals surface area contributed by atoms with Gasteiger partial charge in [-0.05, 0) is 35.0 Å². The van der Waals surface area contributed by atoms with Crippen LogP contribution in [-0.2, 0) is 6.61 Å². The predicted molar refractivity (Wildman–Crippen MR) is 86.1 cm³/mol. The van der Waals surface area contributed by atoms with Crippen LogP contribution in [0.15, 0.2) is 47.8 Å². The quantitative estimate of drug-likeness (QED) is 0.767. The number of hydrogen-bond acceptors (Lipinski definition) is 4. The van der Waals surface area contributed by atoms with Gasteiger partial charge in [-0.2, -0.15) is 0 Å². The lowest BCUT2D eigenvalue weighted by Gasteiger charge is -2.09. The van der Waals surface area contributed by atoms with Gasteiger partial charge in [-0.15, -0.1) is 11.3 Å². The first kappa shape index (κ1) is 14.4. The topological polar surface area (TPSA) is 55.8 Å². The molecule has 0 spiro atoms. The fourth-order valence-corrected chi connectivity index (χ4v) is 3.21. The Labute approximate surface area is 131 Å². The van der Waals surface area contributed by atoms with Gasteiger partial charge in [0.15, 0.2) is 11.5 Å². The minimum Gasteiger partial charge on any atom is -0.493 e. The molecule has 5 heteroatoms. The second-order valence-electron chi connectivity index (χ2n) is 4.72. The Morgan fingerprint density at radius 2 is 1.95 bits per heavy atom. The first-order chi connectivity index (χ1) is 10.7. The molecule has 0 amide bonds. The Bertz CT molecular complexity index is 822. The van der Waals surface area contributed by atoms with E-state index in [2.05, 4.69) is 0 Å². The van der Waals surface area contributed by atoms with Crippen LogP contribution in [0.4, 0.5) is 0 Å². The molecule has 3 aromatic rings. The zero-order valence-corrected chi connectivity index (χ0v) is 12.7. The van der Waals surface area contributed by atoms with E-state index in [1.54, 1.807) is 19.2 Å². The van der Waals surface area contributed by atoms with Crippen LogP contribution in [0.1, 0.15) is 15.9 Å². The van der Waals surface area contributed by atoms with E-state index in [0.717, 1.165) is 15.6 Å².